The lowest BCUT2D eigenvalue weighted by Gasteiger charge is -2.27. The molecule has 2 heterocycles. The number of nitrogens with one attached hydrogen (secondary N) is 1. The minimum absolute atomic E-state index is 0.450. The molecule has 2 rings (SSSR count). The van der Waals surface area contributed by atoms with Crippen LogP contribution in [0.3, 0.4) is 0 Å². The maximum Gasteiger partial charge on any atom is 0.193 e. The second kappa shape index (κ2) is 10.6. The lowest BCUT2D eigenvalue weighted by Crippen LogP contribution is -2.40. The molecule has 6 nitrogen and oxygen atoms in total. The van der Waals surface area contributed by atoms with Gasteiger partial charge in [-0.05, 0) is 57.9 Å². The third-order valence-electron chi connectivity index (χ3n) is 5.05. The van der Waals surface area contributed by atoms with Crippen molar-refractivity contribution in [3.05, 3.63) is 17.5 Å². The van der Waals surface area contributed by atoms with Crippen LogP contribution in [-0.4, -0.2) is 60.5 Å². The van der Waals surface area contributed by atoms with Crippen LogP contribution in [0.15, 0.2) is 11.1 Å². The largest absolute Gasteiger partial charge is 0.381 e. The summed E-state index contributed by atoms with van der Waals surface area (Å²) < 4.78 is 7.55. The van der Waals surface area contributed by atoms with Gasteiger partial charge in [-0.3, -0.25) is 9.67 Å². The van der Waals surface area contributed by atoms with Gasteiger partial charge in [0, 0.05) is 52.1 Å². The number of hydrogen-bond donors (Lipinski definition) is 1. The molecule has 0 aromatic carbocycles. The standard InChI is InChI=1S/C20H37N5O/c1-6-21-20(24(5)10-7-19-8-11-26-12-9-19)22-14-16(2)15-25-18(4)13-17(3)23-25/h13,16,19H,6-12,14-15H2,1-5H3,(H,21,22). The summed E-state index contributed by atoms with van der Waals surface area (Å²) in [6.07, 6.45) is 3.61. The highest BCUT2D eigenvalue weighted by molar-refractivity contribution is 5.79. The third kappa shape index (κ3) is 6.63. The first-order valence-electron chi connectivity index (χ1n) is 10.1. The van der Waals surface area contributed by atoms with Crippen LogP contribution in [-0.2, 0) is 11.3 Å². The fourth-order valence-corrected chi connectivity index (χ4v) is 3.44. The first-order valence-corrected chi connectivity index (χ1v) is 10.1. The highest BCUT2D eigenvalue weighted by atomic mass is 16.5. The van der Waals surface area contributed by atoms with Crippen molar-refractivity contribution < 1.29 is 4.74 Å². The number of aryl methyl sites for hydroxylation is 2. The highest BCUT2D eigenvalue weighted by Crippen LogP contribution is 2.18. The van der Waals surface area contributed by atoms with Gasteiger partial charge in [-0.1, -0.05) is 6.92 Å². The topological polar surface area (TPSA) is 54.7 Å². The Morgan fingerprint density at radius 3 is 2.77 bits per heavy atom. The number of guanidine groups is 1. The molecule has 1 aliphatic rings. The Balaban J connectivity index is 1.84. The van der Waals surface area contributed by atoms with E-state index in [1.165, 1.54) is 25.0 Å². The predicted molar refractivity (Wildman–Crippen MR) is 108 cm³/mol. The van der Waals surface area contributed by atoms with Crippen molar-refractivity contribution >= 4 is 5.96 Å². The predicted octanol–water partition coefficient (Wildman–Crippen LogP) is 2.85. The van der Waals surface area contributed by atoms with Crippen LogP contribution in [0.25, 0.3) is 0 Å². The number of hydrogen-bond acceptors (Lipinski definition) is 3. The molecule has 1 unspecified atom stereocenters. The van der Waals surface area contributed by atoms with Crippen molar-refractivity contribution in [2.24, 2.45) is 16.8 Å². The number of aromatic nitrogens is 2. The van der Waals surface area contributed by atoms with E-state index in [0.29, 0.717) is 5.92 Å². The van der Waals surface area contributed by atoms with E-state index >= 15 is 0 Å². The lowest BCUT2D eigenvalue weighted by atomic mass is 9.96. The molecule has 0 spiro atoms. The Kier molecular flexibility index (Phi) is 8.42. The Hall–Kier alpha value is -1.56. The molecule has 1 N–H and O–H groups in total. The summed E-state index contributed by atoms with van der Waals surface area (Å²) in [5, 5.41) is 8.00. The summed E-state index contributed by atoms with van der Waals surface area (Å²) in [5.74, 6) is 2.25. The molecule has 148 valence electrons. The van der Waals surface area contributed by atoms with Gasteiger partial charge in [0.15, 0.2) is 5.96 Å². The van der Waals surface area contributed by atoms with Crippen molar-refractivity contribution in [1.82, 2.24) is 20.0 Å². The molecule has 0 saturated carbocycles. The number of rotatable bonds is 8. The van der Waals surface area contributed by atoms with Gasteiger partial charge in [0.2, 0.25) is 0 Å². The van der Waals surface area contributed by atoms with Crippen LogP contribution in [0.5, 0.6) is 0 Å². The zero-order valence-corrected chi connectivity index (χ0v) is 17.3. The molecule has 1 saturated heterocycles. The Bertz CT molecular complexity index is 563. The Morgan fingerprint density at radius 1 is 1.42 bits per heavy atom. The molecule has 1 atom stereocenters. The van der Waals surface area contributed by atoms with Crippen molar-refractivity contribution in [3.63, 3.8) is 0 Å². The summed E-state index contributed by atoms with van der Waals surface area (Å²) in [4.78, 5) is 7.15. The second-order valence-corrected chi connectivity index (χ2v) is 7.67. The van der Waals surface area contributed by atoms with Crippen molar-refractivity contribution in [1.29, 1.82) is 0 Å². The van der Waals surface area contributed by atoms with E-state index in [-0.39, 0.29) is 0 Å². The van der Waals surface area contributed by atoms with Crippen molar-refractivity contribution in [2.45, 2.75) is 53.5 Å². The number of nitrogens with zero attached hydrogens (tertiary/aromatic N) is 4. The van der Waals surface area contributed by atoms with E-state index in [0.717, 1.165) is 57.0 Å². The Labute approximate surface area is 159 Å². The summed E-state index contributed by atoms with van der Waals surface area (Å²) in [5.41, 5.74) is 2.30. The maximum absolute atomic E-state index is 5.46. The van der Waals surface area contributed by atoms with E-state index in [2.05, 4.69) is 53.9 Å². The third-order valence-corrected chi connectivity index (χ3v) is 5.05. The number of ether oxygens (including phenoxy) is 1. The van der Waals surface area contributed by atoms with Crippen LogP contribution >= 0.6 is 0 Å². The van der Waals surface area contributed by atoms with Crippen LogP contribution in [0.2, 0.25) is 0 Å². The first kappa shape index (κ1) is 20.7. The maximum atomic E-state index is 5.46. The highest BCUT2D eigenvalue weighted by Gasteiger charge is 2.15. The molecule has 26 heavy (non-hydrogen) atoms. The molecule has 0 bridgehead atoms. The van der Waals surface area contributed by atoms with Crippen LogP contribution in [0, 0.1) is 25.7 Å². The fraction of sp³-hybridized carbons (Fsp3) is 0.800. The molecule has 1 aromatic heterocycles. The van der Waals surface area contributed by atoms with Crippen LogP contribution in [0.4, 0.5) is 0 Å². The van der Waals surface area contributed by atoms with Crippen molar-refractivity contribution in [2.75, 3.05) is 39.9 Å². The first-order chi connectivity index (χ1) is 12.5. The molecule has 0 radical (unpaired) electrons. The molecular weight excluding hydrogens is 326 g/mol. The van der Waals surface area contributed by atoms with Crippen molar-refractivity contribution in [3.8, 4) is 0 Å². The molecular formula is C20H37N5O. The van der Waals surface area contributed by atoms with Gasteiger partial charge in [0.1, 0.15) is 0 Å². The molecule has 0 aliphatic carbocycles. The fourth-order valence-electron chi connectivity index (χ4n) is 3.44. The average molecular weight is 364 g/mol. The van der Waals surface area contributed by atoms with E-state index < -0.39 is 0 Å². The summed E-state index contributed by atoms with van der Waals surface area (Å²) in [6.45, 7) is 14.0. The quantitative estimate of drug-likeness (QED) is 0.570. The molecule has 6 heteroatoms. The van der Waals surface area contributed by atoms with Crippen LogP contribution in [0.1, 0.15) is 44.5 Å². The van der Waals surface area contributed by atoms with Gasteiger partial charge in [-0.2, -0.15) is 5.10 Å². The zero-order chi connectivity index (χ0) is 18.9. The SMILES string of the molecule is CCNC(=NCC(C)Cn1nc(C)cc1C)N(C)CCC1CCOCC1. The molecule has 0 amide bonds. The van der Waals surface area contributed by atoms with E-state index in [1.54, 1.807) is 0 Å². The minimum Gasteiger partial charge on any atom is -0.381 e. The van der Waals surface area contributed by atoms with E-state index in [1.807, 2.05) is 6.92 Å². The lowest BCUT2D eigenvalue weighted by molar-refractivity contribution is 0.0625. The van der Waals surface area contributed by atoms with Gasteiger partial charge in [0.25, 0.3) is 0 Å². The molecule has 1 fully saturated rings. The second-order valence-electron chi connectivity index (χ2n) is 7.67. The summed E-state index contributed by atoms with van der Waals surface area (Å²) in [7, 11) is 2.15. The normalized spacial score (nSPS) is 17.3. The van der Waals surface area contributed by atoms with Gasteiger partial charge in [0.05, 0.1) is 5.69 Å². The Morgan fingerprint density at radius 2 is 2.15 bits per heavy atom. The summed E-state index contributed by atoms with van der Waals surface area (Å²) in [6, 6.07) is 2.13. The van der Waals surface area contributed by atoms with E-state index in [4.69, 9.17) is 9.73 Å². The summed E-state index contributed by atoms with van der Waals surface area (Å²) >= 11 is 0. The number of aliphatic imine (C=N–C) groups is 1. The van der Waals surface area contributed by atoms with Gasteiger partial charge in [-0.15, -0.1) is 0 Å². The van der Waals surface area contributed by atoms with Crippen LogP contribution < -0.4 is 5.32 Å². The van der Waals surface area contributed by atoms with Gasteiger partial charge < -0.3 is 15.0 Å². The molecule has 1 aromatic rings. The monoisotopic (exact) mass is 363 g/mol. The average Bonchev–Trinajstić information content (AvgIpc) is 2.94. The zero-order valence-electron chi connectivity index (χ0n) is 17.3. The smallest absolute Gasteiger partial charge is 0.193 e. The molecule has 1 aliphatic heterocycles. The van der Waals surface area contributed by atoms with E-state index in [9.17, 15) is 0 Å². The minimum atomic E-state index is 0.450. The van der Waals surface area contributed by atoms with Gasteiger partial charge >= 0.3 is 0 Å². The van der Waals surface area contributed by atoms with Gasteiger partial charge in [-0.25, -0.2) is 0 Å².